The van der Waals surface area contributed by atoms with E-state index in [9.17, 15) is 14.4 Å². The predicted octanol–water partition coefficient (Wildman–Crippen LogP) is 4.84. The quantitative estimate of drug-likeness (QED) is 0.358. The molecule has 2 amide bonds. The summed E-state index contributed by atoms with van der Waals surface area (Å²) in [6, 6.07) is 17.1. The van der Waals surface area contributed by atoms with Crippen LogP contribution in [0.15, 0.2) is 60.0 Å². The van der Waals surface area contributed by atoms with E-state index in [1.807, 2.05) is 35.5 Å². The van der Waals surface area contributed by atoms with Crippen LogP contribution in [0.2, 0.25) is 0 Å². The first-order valence-electron chi connectivity index (χ1n) is 12.6. The van der Waals surface area contributed by atoms with Gasteiger partial charge in [-0.3, -0.25) is 14.4 Å². The van der Waals surface area contributed by atoms with Crippen molar-refractivity contribution < 1.29 is 19.1 Å². The summed E-state index contributed by atoms with van der Waals surface area (Å²) in [6.45, 7) is 1.91. The van der Waals surface area contributed by atoms with E-state index in [0.717, 1.165) is 24.3 Å². The van der Waals surface area contributed by atoms with Crippen molar-refractivity contribution in [3.05, 3.63) is 81.8 Å². The van der Waals surface area contributed by atoms with Crippen LogP contribution >= 0.6 is 11.3 Å². The minimum absolute atomic E-state index is 0.00959. The molecule has 3 aromatic rings. The molecule has 1 fully saturated rings. The molecule has 0 saturated carbocycles. The van der Waals surface area contributed by atoms with Gasteiger partial charge < -0.3 is 14.5 Å². The number of carbonyl (C=O) groups is 3. The molecule has 2 heterocycles. The van der Waals surface area contributed by atoms with E-state index < -0.39 is 0 Å². The molecule has 0 bridgehead atoms. The zero-order valence-electron chi connectivity index (χ0n) is 21.4. The van der Waals surface area contributed by atoms with Gasteiger partial charge in [0.15, 0.2) is 5.78 Å². The molecule has 0 atom stereocenters. The Morgan fingerprint density at radius 1 is 1.03 bits per heavy atom. The number of piperidine rings is 1. The number of aromatic nitrogens is 1. The maximum Gasteiger partial charge on any atom is 0.273 e. The minimum Gasteiger partial charge on any atom is -0.497 e. The van der Waals surface area contributed by atoms with Gasteiger partial charge in [-0.2, -0.15) is 0 Å². The van der Waals surface area contributed by atoms with Crippen LogP contribution in [0.25, 0.3) is 0 Å². The third-order valence-electron chi connectivity index (χ3n) is 6.84. The first-order valence-corrected chi connectivity index (χ1v) is 13.5. The summed E-state index contributed by atoms with van der Waals surface area (Å²) in [4.78, 5) is 46.2. The standard InChI is InChI=1S/C29H33N3O4S/c1-31(17-14-21-6-4-3-5-7-21)29(35)25-20-37-28(30-25)23-15-18-32(19-16-23)27(34)13-12-26(33)22-8-10-24(36-2)11-9-22/h3-11,20,23H,12-19H2,1-2H3. The Morgan fingerprint density at radius 3 is 2.41 bits per heavy atom. The van der Waals surface area contributed by atoms with Crippen molar-refractivity contribution in [1.82, 2.24) is 14.8 Å². The molecule has 2 aromatic carbocycles. The third-order valence-corrected chi connectivity index (χ3v) is 7.85. The molecule has 37 heavy (non-hydrogen) atoms. The summed E-state index contributed by atoms with van der Waals surface area (Å²) in [6.07, 6.45) is 2.83. The minimum atomic E-state index is -0.0624. The molecule has 0 N–H and O–H groups in total. The van der Waals surface area contributed by atoms with Gasteiger partial charge >= 0.3 is 0 Å². The molecule has 194 valence electrons. The van der Waals surface area contributed by atoms with E-state index in [0.29, 0.717) is 36.6 Å². The number of nitrogens with zero attached hydrogens (tertiary/aromatic N) is 3. The lowest BCUT2D eigenvalue weighted by molar-refractivity contribution is -0.132. The Kier molecular flexibility index (Phi) is 9.06. The Bertz CT molecular complexity index is 1200. The third kappa shape index (κ3) is 7.04. The summed E-state index contributed by atoms with van der Waals surface area (Å²) in [5.41, 5.74) is 2.28. The number of hydrogen-bond donors (Lipinski definition) is 0. The maximum absolute atomic E-state index is 12.8. The molecule has 1 saturated heterocycles. The highest BCUT2D eigenvalue weighted by molar-refractivity contribution is 7.09. The summed E-state index contributed by atoms with van der Waals surface area (Å²) >= 11 is 1.52. The molecule has 0 aliphatic carbocycles. The van der Waals surface area contributed by atoms with Gasteiger partial charge in [0, 0.05) is 56.4 Å². The van der Waals surface area contributed by atoms with Gasteiger partial charge in [-0.1, -0.05) is 30.3 Å². The van der Waals surface area contributed by atoms with Crippen molar-refractivity contribution in [2.24, 2.45) is 0 Å². The highest BCUT2D eigenvalue weighted by Gasteiger charge is 2.27. The number of amides is 2. The second-order valence-electron chi connectivity index (χ2n) is 9.34. The zero-order valence-corrected chi connectivity index (χ0v) is 22.2. The van der Waals surface area contributed by atoms with Gasteiger partial charge in [0.1, 0.15) is 11.4 Å². The molecular weight excluding hydrogens is 486 g/mol. The summed E-state index contributed by atoms with van der Waals surface area (Å²) < 4.78 is 5.12. The van der Waals surface area contributed by atoms with Crippen LogP contribution in [-0.4, -0.2) is 66.2 Å². The molecule has 0 radical (unpaired) electrons. The fourth-order valence-electron chi connectivity index (χ4n) is 4.49. The van der Waals surface area contributed by atoms with E-state index in [2.05, 4.69) is 17.1 Å². The smallest absolute Gasteiger partial charge is 0.273 e. The first kappa shape index (κ1) is 26.5. The number of benzene rings is 2. The first-order chi connectivity index (χ1) is 17.9. The number of methoxy groups -OCH3 is 1. The number of hydrogen-bond acceptors (Lipinski definition) is 6. The Morgan fingerprint density at radius 2 is 1.73 bits per heavy atom. The van der Waals surface area contributed by atoms with E-state index in [1.54, 1.807) is 36.3 Å². The largest absolute Gasteiger partial charge is 0.497 e. The van der Waals surface area contributed by atoms with Crippen molar-refractivity contribution in [3.63, 3.8) is 0 Å². The highest BCUT2D eigenvalue weighted by atomic mass is 32.1. The number of rotatable bonds is 10. The molecule has 8 heteroatoms. The van der Waals surface area contributed by atoms with Gasteiger partial charge in [0.05, 0.1) is 12.1 Å². The van der Waals surface area contributed by atoms with Gasteiger partial charge in [0.2, 0.25) is 5.91 Å². The highest BCUT2D eigenvalue weighted by Crippen LogP contribution is 2.31. The second-order valence-corrected chi connectivity index (χ2v) is 10.2. The van der Waals surface area contributed by atoms with E-state index >= 15 is 0 Å². The molecule has 1 aliphatic rings. The topological polar surface area (TPSA) is 79.8 Å². The molecule has 1 aliphatic heterocycles. The number of thiazole rings is 1. The molecule has 0 spiro atoms. The van der Waals surface area contributed by atoms with Crippen LogP contribution in [0.4, 0.5) is 0 Å². The Hall–Kier alpha value is -3.52. The normalized spacial score (nSPS) is 13.8. The number of ether oxygens (including phenoxy) is 1. The van der Waals surface area contributed by atoms with Crippen LogP contribution in [-0.2, 0) is 11.2 Å². The van der Waals surface area contributed by atoms with Crippen molar-refractivity contribution in [2.75, 3.05) is 33.8 Å². The number of carbonyl (C=O) groups excluding carboxylic acids is 3. The average molecular weight is 520 g/mol. The monoisotopic (exact) mass is 519 g/mol. The summed E-state index contributed by atoms with van der Waals surface area (Å²) in [5, 5.41) is 2.81. The summed E-state index contributed by atoms with van der Waals surface area (Å²) in [5.74, 6) is 0.844. The van der Waals surface area contributed by atoms with Crippen molar-refractivity contribution >= 4 is 28.9 Å². The van der Waals surface area contributed by atoms with Gasteiger partial charge in [-0.05, 0) is 49.1 Å². The van der Waals surface area contributed by atoms with Crippen LogP contribution in [0.1, 0.15) is 63.0 Å². The zero-order chi connectivity index (χ0) is 26.2. The van der Waals surface area contributed by atoms with Crippen LogP contribution in [0.5, 0.6) is 5.75 Å². The van der Waals surface area contributed by atoms with E-state index in [4.69, 9.17) is 4.74 Å². The number of Topliss-reactive ketones (excluding diaryl/α,β-unsaturated/α-hetero) is 1. The summed E-state index contributed by atoms with van der Waals surface area (Å²) in [7, 11) is 3.40. The van der Waals surface area contributed by atoms with E-state index in [1.165, 1.54) is 16.9 Å². The lowest BCUT2D eigenvalue weighted by atomic mass is 9.97. The SMILES string of the molecule is COc1ccc(C(=O)CCC(=O)N2CCC(c3nc(C(=O)N(C)CCc4ccccc4)cs3)CC2)cc1. The fourth-order valence-corrected chi connectivity index (χ4v) is 5.45. The lowest BCUT2D eigenvalue weighted by Gasteiger charge is -2.31. The van der Waals surface area contributed by atoms with Crippen LogP contribution < -0.4 is 4.74 Å². The van der Waals surface area contributed by atoms with Crippen molar-refractivity contribution in [1.29, 1.82) is 0 Å². The number of likely N-dealkylation sites (tertiary alicyclic amines) is 1. The van der Waals surface area contributed by atoms with Crippen molar-refractivity contribution in [3.8, 4) is 5.75 Å². The fraction of sp³-hybridized carbons (Fsp3) is 0.379. The van der Waals surface area contributed by atoms with E-state index in [-0.39, 0.29) is 36.4 Å². The van der Waals surface area contributed by atoms with Crippen molar-refractivity contribution in [2.45, 2.75) is 38.0 Å². The Labute approximate surface area is 222 Å². The maximum atomic E-state index is 12.8. The van der Waals surface area contributed by atoms with Gasteiger partial charge in [0.25, 0.3) is 5.91 Å². The van der Waals surface area contributed by atoms with Gasteiger partial charge in [-0.15, -0.1) is 11.3 Å². The molecule has 7 nitrogen and oxygen atoms in total. The Balaban J connectivity index is 1.22. The van der Waals surface area contributed by atoms with Crippen LogP contribution in [0.3, 0.4) is 0 Å². The number of likely N-dealkylation sites (N-methyl/N-ethyl adjacent to an activating group) is 1. The molecule has 4 rings (SSSR count). The average Bonchev–Trinajstić information content (AvgIpc) is 3.45. The molecule has 0 unspecified atom stereocenters. The van der Waals surface area contributed by atoms with Gasteiger partial charge in [-0.25, -0.2) is 4.98 Å². The number of ketones is 1. The molecule has 1 aromatic heterocycles. The second kappa shape index (κ2) is 12.6. The molecular formula is C29H33N3O4S. The van der Waals surface area contributed by atoms with Crippen LogP contribution in [0, 0.1) is 0 Å². The lowest BCUT2D eigenvalue weighted by Crippen LogP contribution is -2.38. The predicted molar refractivity (Wildman–Crippen MR) is 144 cm³/mol.